The third kappa shape index (κ3) is 2.23. The van der Waals surface area contributed by atoms with Crippen molar-refractivity contribution in [3.05, 3.63) is 10.5 Å². The van der Waals surface area contributed by atoms with Gasteiger partial charge in [-0.3, -0.25) is 4.68 Å². The van der Waals surface area contributed by atoms with Crippen molar-refractivity contribution < 1.29 is 0 Å². The number of aromatic amines is 1. The zero-order chi connectivity index (χ0) is 13.6. The van der Waals surface area contributed by atoms with E-state index in [1.807, 2.05) is 18.7 Å². The van der Waals surface area contributed by atoms with Crippen LogP contribution >= 0.6 is 12.2 Å². The van der Waals surface area contributed by atoms with Crippen molar-refractivity contribution in [1.82, 2.24) is 24.2 Å². The third-order valence-corrected chi connectivity index (χ3v) is 4.53. The Kier molecular flexibility index (Phi) is 3.22. The van der Waals surface area contributed by atoms with Crippen molar-refractivity contribution in [2.45, 2.75) is 26.3 Å². The highest BCUT2D eigenvalue weighted by Gasteiger charge is 2.20. The summed E-state index contributed by atoms with van der Waals surface area (Å²) in [5.41, 5.74) is 3.23. The smallest absolute Gasteiger partial charge is 0.179 e. The number of aryl methyl sites for hydroxylation is 2. The lowest BCUT2D eigenvalue weighted by Gasteiger charge is -2.29. The predicted molar refractivity (Wildman–Crippen MR) is 78.8 cm³/mol. The van der Waals surface area contributed by atoms with Crippen LogP contribution in [-0.2, 0) is 13.6 Å². The largest absolute Gasteiger partial charge is 0.328 e. The molecule has 0 amide bonds. The van der Waals surface area contributed by atoms with Crippen LogP contribution in [0.5, 0.6) is 0 Å². The van der Waals surface area contributed by atoms with Gasteiger partial charge < -0.3 is 14.5 Å². The predicted octanol–water partition coefficient (Wildman–Crippen LogP) is 2.08. The van der Waals surface area contributed by atoms with E-state index in [4.69, 9.17) is 12.2 Å². The lowest BCUT2D eigenvalue weighted by atomic mass is 9.97. The molecule has 19 heavy (non-hydrogen) atoms. The molecular formula is C13H21N5S. The van der Waals surface area contributed by atoms with Crippen molar-refractivity contribution in [2.75, 3.05) is 20.1 Å². The van der Waals surface area contributed by atoms with Gasteiger partial charge in [-0.15, -0.1) is 0 Å². The van der Waals surface area contributed by atoms with Crippen LogP contribution in [0.4, 0.5) is 0 Å². The monoisotopic (exact) mass is 279 g/mol. The Bertz CT molecular complexity index is 642. The van der Waals surface area contributed by atoms with Crippen LogP contribution in [0, 0.1) is 17.6 Å². The Balaban J connectivity index is 1.92. The Morgan fingerprint density at radius 1 is 1.32 bits per heavy atom. The highest BCUT2D eigenvalue weighted by molar-refractivity contribution is 7.71. The van der Waals surface area contributed by atoms with Gasteiger partial charge in [0.25, 0.3) is 0 Å². The molecule has 0 atom stereocenters. The number of hydrogen-bond donors (Lipinski definition) is 1. The molecule has 1 saturated heterocycles. The van der Waals surface area contributed by atoms with Crippen molar-refractivity contribution in [3.63, 3.8) is 0 Å². The molecule has 1 N–H and O–H groups in total. The maximum Gasteiger partial charge on any atom is 0.179 e. The summed E-state index contributed by atoms with van der Waals surface area (Å²) in [6, 6.07) is 0. The number of aromatic nitrogens is 4. The second-order valence-corrected chi connectivity index (χ2v) is 6.08. The molecule has 3 rings (SSSR count). The molecule has 0 saturated carbocycles. The molecule has 1 aliphatic heterocycles. The Morgan fingerprint density at radius 2 is 2.00 bits per heavy atom. The van der Waals surface area contributed by atoms with E-state index in [0.717, 1.165) is 34.1 Å². The molecule has 0 aromatic carbocycles. The van der Waals surface area contributed by atoms with Gasteiger partial charge in [0, 0.05) is 13.6 Å². The first-order valence-corrected chi connectivity index (χ1v) is 7.27. The zero-order valence-electron chi connectivity index (χ0n) is 11.8. The van der Waals surface area contributed by atoms with Gasteiger partial charge in [-0.25, -0.2) is 0 Å². The Labute approximate surface area is 118 Å². The minimum absolute atomic E-state index is 0.720. The van der Waals surface area contributed by atoms with Crippen LogP contribution < -0.4 is 0 Å². The van der Waals surface area contributed by atoms with E-state index in [1.165, 1.54) is 25.9 Å². The van der Waals surface area contributed by atoms with Gasteiger partial charge in [0.2, 0.25) is 0 Å². The molecule has 1 fully saturated rings. The fraction of sp³-hybridized carbons (Fsp3) is 0.692. The highest BCUT2D eigenvalue weighted by Crippen LogP contribution is 2.22. The standard InChI is InChI=1S/C13H21N5S/c1-9-11-12(17(3)15-9)18(13(19)14-11)8-10-4-6-16(2)7-5-10/h10H,4-8H2,1-3H3,(H,14,19). The first-order chi connectivity index (χ1) is 9.06. The van der Waals surface area contributed by atoms with Gasteiger partial charge in [0.1, 0.15) is 5.52 Å². The average Bonchev–Trinajstić information content (AvgIpc) is 2.82. The minimum atomic E-state index is 0.720. The summed E-state index contributed by atoms with van der Waals surface area (Å²) in [5, 5.41) is 4.47. The lowest BCUT2D eigenvalue weighted by molar-refractivity contribution is 0.205. The van der Waals surface area contributed by atoms with E-state index in [-0.39, 0.29) is 0 Å². The first-order valence-electron chi connectivity index (χ1n) is 6.87. The van der Waals surface area contributed by atoms with Crippen LogP contribution in [-0.4, -0.2) is 44.4 Å². The first kappa shape index (κ1) is 12.9. The molecule has 3 heterocycles. The second-order valence-electron chi connectivity index (χ2n) is 5.70. The van der Waals surface area contributed by atoms with Gasteiger partial charge in [0.15, 0.2) is 10.4 Å². The topological polar surface area (TPSA) is 41.8 Å². The van der Waals surface area contributed by atoms with E-state index in [9.17, 15) is 0 Å². The van der Waals surface area contributed by atoms with Gasteiger partial charge >= 0.3 is 0 Å². The van der Waals surface area contributed by atoms with Crippen LogP contribution in [0.25, 0.3) is 11.2 Å². The van der Waals surface area contributed by atoms with Crippen molar-refractivity contribution >= 4 is 23.4 Å². The number of nitrogens with zero attached hydrogens (tertiary/aromatic N) is 4. The van der Waals surface area contributed by atoms with Crippen molar-refractivity contribution in [2.24, 2.45) is 13.0 Å². The lowest BCUT2D eigenvalue weighted by Crippen LogP contribution is -2.32. The maximum atomic E-state index is 5.47. The third-order valence-electron chi connectivity index (χ3n) is 4.20. The summed E-state index contributed by atoms with van der Waals surface area (Å²) >= 11 is 5.47. The molecule has 0 unspecified atom stereocenters. The molecule has 0 bridgehead atoms. The van der Waals surface area contributed by atoms with Crippen LogP contribution in [0.1, 0.15) is 18.5 Å². The Morgan fingerprint density at radius 3 is 2.68 bits per heavy atom. The molecule has 6 heteroatoms. The number of piperidine rings is 1. The molecule has 0 aliphatic carbocycles. The molecule has 0 radical (unpaired) electrons. The van der Waals surface area contributed by atoms with E-state index >= 15 is 0 Å². The number of rotatable bonds is 2. The number of fused-ring (bicyclic) bond motifs is 1. The van der Waals surface area contributed by atoms with Gasteiger partial charge in [-0.05, 0) is 58.0 Å². The van der Waals surface area contributed by atoms with Gasteiger partial charge in [0.05, 0.1) is 5.69 Å². The highest BCUT2D eigenvalue weighted by atomic mass is 32.1. The van der Waals surface area contributed by atoms with Crippen LogP contribution in [0.15, 0.2) is 0 Å². The summed E-state index contributed by atoms with van der Waals surface area (Å²) < 4.78 is 4.98. The van der Waals surface area contributed by atoms with E-state index in [2.05, 4.69) is 26.6 Å². The quantitative estimate of drug-likeness (QED) is 0.856. The molecule has 2 aromatic heterocycles. The molecule has 5 nitrogen and oxygen atoms in total. The molecule has 2 aromatic rings. The summed E-state index contributed by atoms with van der Waals surface area (Å²) in [6.07, 6.45) is 2.50. The fourth-order valence-electron chi connectivity index (χ4n) is 3.04. The second kappa shape index (κ2) is 4.76. The van der Waals surface area contributed by atoms with Crippen molar-refractivity contribution in [1.29, 1.82) is 0 Å². The summed E-state index contributed by atoms with van der Waals surface area (Å²) in [4.78, 5) is 5.70. The molecule has 0 spiro atoms. The zero-order valence-corrected chi connectivity index (χ0v) is 12.6. The maximum absolute atomic E-state index is 5.47. The Hall–Kier alpha value is -1.14. The number of hydrogen-bond acceptors (Lipinski definition) is 3. The number of nitrogens with one attached hydrogen (secondary N) is 1. The van der Waals surface area contributed by atoms with Crippen LogP contribution in [0.3, 0.4) is 0 Å². The number of imidazole rings is 1. The SMILES string of the molecule is Cc1nn(C)c2c1[nH]c(=S)n2CC1CCN(C)CC1. The summed E-state index contributed by atoms with van der Waals surface area (Å²) in [5.74, 6) is 0.720. The fourth-order valence-corrected chi connectivity index (χ4v) is 3.31. The van der Waals surface area contributed by atoms with Gasteiger partial charge in [-0.1, -0.05) is 0 Å². The summed E-state index contributed by atoms with van der Waals surface area (Å²) in [6.45, 7) is 5.41. The van der Waals surface area contributed by atoms with E-state index < -0.39 is 0 Å². The van der Waals surface area contributed by atoms with Crippen LogP contribution in [0.2, 0.25) is 0 Å². The molecule has 1 aliphatic rings. The van der Waals surface area contributed by atoms with E-state index in [1.54, 1.807) is 0 Å². The van der Waals surface area contributed by atoms with Gasteiger partial charge in [-0.2, -0.15) is 5.10 Å². The average molecular weight is 279 g/mol. The molecule has 104 valence electrons. The molecular weight excluding hydrogens is 258 g/mol. The minimum Gasteiger partial charge on any atom is -0.328 e. The normalized spacial score (nSPS) is 18.5. The number of H-pyrrole nitrogens is 1. The van der Waals surface area contributed by atoms with E-state index in [0.29, 0.717) is 0 Å². The number of likely N-dealkylation sites (tertiary alicyclic amines) is 1. The van der Waals surface area contributed by atoms with Crippen molar-refractivity contribution in [3.8, 4) is 0 Å². The summed E-state index contributed by atoms with van der Waals surface area (Å²) in [7, 11) is 4.18.